The molecule has 0 rings (SSSR count). The summed E-state index contributed by atoms with van der Waals surface area (Å²) in [4.78, 5) is 25.2. The van der Waals surface area contributed by atoms with E-state index >= 15 is 0 Å². The molecule has 0 fully saturated rings. The number of carbonyl (C=O) groups is 2. The fourth-order valence-electron chi connectivity index (χ4n) is 0.575. The van der Waals surface area contributed by atoms with E-state index in [4.69, 9.17) is 10.8 Å². The molecule has 0 aromatic rings. The number of hydrogen-bond donors (Lipinski definition) is 3. The third-order valence-electron chi connectivity index (χ3n) is 1.22. The van der Waals surface area contributed by atoms with E-state index in [1.807, 2.05) is 0 Å². The maximum absolute atomic E-state index is 10.7. The van der Waals surface area contributed by atoms with E-state index in [9.17, 15) is 9.59 Å². The first-order valence-electron chi connectivity index (χ1n) is 3.38. The molecule has 0 unspecified atom stereocenters. The lowest BCUT2D eigenvalue weighted by molar-refractivity contribution is -0.139. The van der Waals surface area contributed by atoms with Gasteiger partial charge in [-0.25, -0.2) is 5.48 Å². The summed E-state index contributed by atoms with van der Waals surface area (Å²) in [5, 5.41) is 8.34. The van der Waals surface area contributed by atoms with Crippen LogP contribution in [0.5, 0.6) is 0 Å². The van der Waals surface area contributed by atoms with Gasteiger partial charge in [-0.2, -0.15) is 0 Å². The molecule has 0 saturated carbocycles. The van der Waals surface area contributed by atoms with Gasteiger partial charge in [0.1, 0.15) is 6.04 Å². The van der Waals surface area contributed by atoms with Crippen LogP contribution in [-0.4, -0.2) is 30.1 Å². The van der Waals surface area contributed by atoms with Gasteiger partial charge in [-0.1, -0.05) is 0 Å². The van der Waals surface area contributed by atoms with Gasteiger partial charge in [0.15, 0.2) is 0 Å². The van der Waals surface area contributed by atoms with Crippen LogP contribution in [0.25, 0.3) is 0 Å². The Hall–Kier alpha value is -1.14. The zero-order valence-corrected chi connectivity index (χ0v) is 6.74. The van der Waals surface area contributed by atoms with Crippen LogP contribution in [0, 0.1) is 0 Å². The van der Waals surface area contributed by atoms with Crippen LogP contribution in [-0.2, 0) is 14.4 Å². The topological polar surface area (TPSA) is 102 Å². The van der Waals surface area contributed by atoms with Crippen LogP contribution in [0.4, 0.5) is 0 Å². The third-order valence-corrected chi connectivity index (χ3v) is 1.22. The van der Waals surface area contributed by atoms with Gasteiger partial charge in [-0.3, -0.25) is 14.4 Å². The number of rotatable bonds is 5. The van der Waals surface area contributed by atoms with Gasteiger partial charge in [-0.05, 0) is 6.42 Å². The molecule has 0 radical (unpaired) electrons. The van der Waals surface area contributed by atoms with Gasteiger partial charge in [-0.15, -0.1) is 0 Å². The Morgan fingerprint density at radius 3 is 2.67 bits per heavy atom. The molecule has 4 N–H and O–H groups in total. The molecule has 1 atom stereocenters. The highest BCUT2D eigenvalue weighted by Crippen LogP contribution is 1.94. The number of carboxylic acid groups (broad SMARTS) is 1. The molecule has 12 heavy (non-hydrogen) atoms. The predicted octanol–water partition coefficient (Wildman–Crippen LogP) is -1.14. The maximum Gasteiger partial charge on any atom is 0.320 e. The second-order valence-corrected chi connectivity index (χ2v) is 2.21. The molecule has 0 aromatic carbocycles. The monoisotopic (exact) mass is 176 g/mol. The van der Waals surface area contributed by atoms with Crippen molar-refractivity contribution in [3.05, 3.63) is 0 Å². The van der Waals surface area contributed by atoms with E-state index < -0.39 is 12.0 Å². The molecule has 6 nitrogen and oxygen atoms in total. The summed E-state index contributed by atoms with van der Waals surface area (Å²) in [6.45, 7) is 0. The summed E-state index contributed by atoms with van der Waals surface area (Å²) in [6, 6.07) is -0.993. The van der Waals surface area contributed by atoms with Crippen molar-refractivity contribution in [2.75, 3.05) is 7.11 Å². The van der Waals surface area contributed by atoms with E-state index in [2.05, 4.69) is 10.3 Å². The first kappa shape index (κ1) is 10.9. The fraction of sp³-hybridized carbons (Fsp3) is 0.667. The smallest absolute Gasteiger partial charge is 0.320 e. The van der Waals surface area contributed by atoms with Crippen molar-refractivity contribution in [1.82, 2.24) is 5.48 Å². The Kier molecular flexibility index (Phi) is 4.98. The molecule has 6 heteroatoms. The minimum Gasteiger partial charge on any atom is -0.480 e. The normalized spacial score (nSPS) is 12.2. The Bertz CT molecular complexity index is 171. The summed E-state index contributed by atoms with van der Waals surface area (Å²) in [6.07, 6.45) is 0.145. The predicted molar refractivity (Wildman–Crippen MR) is 40.0 cm³/mol. The van der Waals surface area contributed by atoms with E-state index in [1.165, 1.54) is 7.11 Å². The highest BCUT2D eigenvalue weighted by molar-refractivity contribution is 5.77. The molecular formula is C6H12N2O4. The number of nitrogens with two attached hydrogens (primary N) is 1. The molecule has 0 aliphatic carbocycles. The van der Waals surface area contributed by atoms with Crippen molar-refractivity contribution >= 4 is 11.9 Å². The highest BCUT2D eigenvalue weighted by Gasteiger charge is 2.12. The van der Waals surface area contributed by atoms with E-state index in [0.717, 1.165) is 0 Å². The quantitative estimate of drug-likeness (QED) is 0.459. The lowest BCUT2D eigenvalue weighted by atomic mass is 10.2. The van der Waals surface area contributed by atoms with E-state index in [0.29, 0.717) is 0 Å². The Morgan fingerprint density at radius 2 is 2.25 bits per heavy atom. The molecule has 0 saturated heterocycles. The molecule has 0 aliphatic rings. The highest BCUT2D eigenvalue weighted by atomic mass is 16.6. The van der Waals surface area contributed by atoms with Crippen LogP contribution < -0.4 is 11.2 Å². The molecule has 0 heterocycles. The van der Waals surface area contributed by atoms with Crippen LogP contribution in [0.15, 0.2) is 0 Å². The van der Waals surface area contributed by atoms with Gasteiger partial charge in [0.05, 0.1) is 7.11 Å². The van der Waals surface area contributed by atoms with Gasteiger partial charge in [0.25, 0.3) is 0 Å². The molecule has 0 aromatic heterocycles. The van der Waals surface area contributed by atoms with E-state index in [-0.39, 0.29) is 18.7 Å². The first-order chi connectivity index (χ1) is 5.57. The summed E-state index contributed by atoms with van der Waals surface area (Å²) in [5.74, 6) is -1.49. The number of carbonyl (C=O) groups excluding carboxylic acids is 1. The standard InChI is InChI=1S/C6H12N2O4/c1-12-8-5(9)3-2-4(7)6(10)11/h4H,2-3,7H2,1H3,(H,8,9)(H,10,11)/t4-/m1/s1. The minimum absolute atomic E-state index is 0.0430. The number of amides is 1. The van der Waals surface area contributed by atoms with Crippen molar-refractivity contribution in [1.29, 1.82) is 0 Å². The average Bonchev–Trinajstić information content (AvgIpc) is 2.00. The van der Waals surface area contributed by atoms with Crippen LogP contribution in [0.2, 0.25) is 0 Å². The lowest BCUT2D eigenvalue weighted by Gasteiger charge is -2.05. The molecule has 1 amide bonds. The fourth-order valence-corrected chi connectivity index (χ4v) is 0.575. The zero-order valence-electron chi connectivity index (χ0n) is 6.74. The molecule has 0 spiro atoms. The van der Waals surface area contributed by atoms with Crippen LogP contribution in [0.1, 0.15) is 12.8 Å². The van der Waals surface area contributed by atoms with Crippen molar-refractivity contribution in [2.24, 2.45) is 5.73 Å². The van der Waals surface area contributed by atoms with Crippen LogP contribution >= 0.6 is 0 Å². The Labute approximate surface area is 69.6 Å². The second kappa shape index (κ2) is 5.50. The van der Waals surface area contributed by atoms with Crippen molar-refractivity contribution < 1.29 is 19.5 Å². The third kappa shape index (κ3) is 4.64. The second-order valence-electron chi connectivity index (χ2n) is 2.21. The molecule has 0 bridgehead atoms. The maximum atomic E-state index is 10.7. The number of aliphatic carboxylic acids is 1. The summed E-state index contributed by atoms with van der Waals surface area (Å²) >= 11 is 0. The molecule has 0 aliphatic heterocycles. The van der Waals surface area contributed by atoms with Crippen molar-refractivity contribution in [3.63, 3.8) is 0 Å². The number of hydrogen-bond acceptors (Lipinski definition) is 4. The van der Waals surface area contributed by atoms with Gasteiger partial charge in [0, 0.05) is 6.42 Å². The zero-order chi connectivity index (χ0) is 9.56. The SMILES string of the molecule is CONC(=O)CC[C@@H](N)C(=O)O. The Balaban J connectivity index is 3.54. The number of nitrogens with one attached hydrogen (secondary N) is 1. The number of carboxylic acids is 1. The lowest BCUT2D eigenvalue weighted by Crippen LogP contribution is -2.32. The van der Waals surface area contributed by atoms with Crippen LogP contribution in [0.3, 0.4) is 0 Å². The van der Waals surface area contributed by atoms with Gasteiger partial charge >= 0.3 is 5.97 Å². The molecule has 70 valence electrons. The first-order valence-corrected chi connectivity index (χ1v) is 3.38. The van der Waals surface area contributed by atoms with Gasteiger partial charge < -0.3 is 10.8 Å². The van der Waals surface area contributed by atoms with Crippen molar-refractivity contribution in [3.8, 4) is 0 Å². The van der Waals surface area contributed by atoms with Gasteiger partial charge in [0.2, 0.25) is 5.91 Å². The number of hydroxylamine groups is 1. The Morgan fingerprint density at radius 1 is 1.67 bits per heavy atom. The molecular weight excluding hydrogens is 164 g/mol. The summed E-state index contributed by atoms with van der Waals surface area (Å²) in [5.41, 5.74) is 7.19. The average molecular weight is 176 g/mol. The minimum atomic E-state index is -1.11. The summed E-state index contributed by atoms with van der Waals surface area (Å²) in [7, 11) is 1.30. The summed E-state index contributed by atoms with van der Waals surface area (Å²) < 4.78 is 0. The van der Waals surface area contributed by atoms with E-state index in [1.54, 1.807) is 0 Å². The van der Waals surface area contributed by atoms with Crippen molar-refractivity contribution in [2.45, 2.75) is 18.9 Å². The largest absolute Gasteiger partial charge is 0.480 e.